The highest BCUT2D eigenvalue weighted by molar-refractivity contribution is 5.85. The second kappa shape index (κ2) is 7.74. The van der Waals surface area contributed by atoms with Crippen molar-refractivity contribution in [3.63, 3.8) is 0 Å². The largest absolute Gasteiger partial charge is 0.454 e. The summed E-state index contributed by atoms with van der Waals surface area (Å²) in [6.07, 6.45) is 1.99. The van der Waals surface area contributed by atoms with Crippen molar-refractivity contribution < 1.29 is 9.47 Å². The summed E-state index contributed by atoms with van der Waals surface area (Å²) < 4.78 is 11.0. The molecule has 20 heavy (non-hydrogen) atoms. The number of rotatable bonds is 3. The number of hydrogen-bond acceptors (Lipinski definition) is 4. The van der Waals surface area contributed by atoms with E-state index in [0.29, 0.717) is 6.79 Å². The molecule has 1 saturated heterocycles. The molecular weight excluding hydrogens is 299 g/mol. The van der Waals surface area contributed by atoms with E-state index in [9.17, 15) is 0 Å². The van der Waals surface area contributed by atoms with Crippen molar-refractivity contribution >= 4 is 24.8 Å². The summed E-state index contributed by atoms with van der Waals surface area (Å²) in [5.74, 6) is 1.72. The van der Waals surface area contributed by atoms with Crippen LogP contribution in [-0.2, 0) is 0 Å². The predicted molar refractivity (Wildman–Crippen MR) is 84.4 cm³/mol. The fourth-order valence-corrected chi connectivity index (χ4v) is 2.62. The summed E-state index contributed by atoms with van der Waals surface area (Å²) in [6, 6.07) is 6.26. The van der Waals surface area contributed by atoms with E-state index in [1.807, 2.05) is 18.2 Å². The number of fused-ring (bicyclic) bond motifs is 1. The topological polar surface area (TPSA) is 33.7 Å². The first-order valence-electron chi connectivity index (χ1n) is 6.36. The molecule has 0 aliphatic carbocycles. The number of piperazine rings is 1. The zero-order valence-electron chi connectivity index (χ0n) is 11.2. The minimum Gasteiger partial charge on any atom is -0.454 e. The molecule has 4 nitrogen and oxygen atoms in total. The van der Waals surface area contributed by atoms with Gasteiger partial charge in [0, 0.05) is 31.7 Å². The Balaban J connectivity index is 0.000001000. The zero-order valence-corrected chi connectivity index (χ0v) is 12.8. The van der Waals surface area contributed by atoms with Gasteiger partial charge in [-0.2, -0.15) is 0 Å². The monoisotopic (exact) mass is 318 g/mol. The number of ether oxygens (including phenoxy) is 2. The molecular formula is C14H20Cl2N2O2. The SMILES string of the molecule is C=C[C@H](c1cccc2c1OCO2)N1CCNCC1.Cl.Cl. The summed E-state index contributed by atoms with van der Waals surface area (Å²) >= 11 is 0. The van der Waals surface area contributed by atoms with Crippen LogP contribution in [0.5, 0.6) is 11.5 Å². The third kappa shape index (κ3) is 3.20. The number of para-hydroxylation sites is 1. The summed E-state index contributed by atoms with van der Waals surface area (Å²) in [6.45, 7) is 8.40. The fraction of sp³-hybridized carbons (Fsp3) is 0.429. The molecule has 2 heterocycles. The standard InChI is InChI=1S/C14H18N2O2.2ClH/c1-2-12(16-8-6-15-7-9-16)11-4-3-5-13-14(11)18-10-17-13;;/h2-5,12,15H,1,6-10H2;2*1H/t12-;;/m1../s1. The van der Waals surface area contributed by atoms with E-state index in [1.165, 1.54) is 0 Å². The van der Waals surface area contributed by atoms with Crippen molar-refractivity contribution in [2.75, 3.05) is 33.0 Å². The summed E-state index contributed by atoms with van der Waals surface area (Å²) in [5, 5.41) is 3.37. The lowest BCUT2D eigenvalue weighted by Gasteiger charge is -2.33. The van der Waals surface area contributed by atoms with E-state index in [1.54, 1.807) is 0 Å². The number of halogens is 2. The second-order valence-corrected chi connectivity index (χ2v) is 4.55. The third-order valence-electron chi connectivity index (χ3n) is 3.51. The molecule has 2 aliphatic heterocycles. The fourth-order valence-electron chi connectivity index (χ4n) is 2.62. The molecule has 6 heteroatoms. The number of nitrogens with zero attached hydrogens (tertiary/aromatic N) is 1. The molecule has 3 rings (SSSR count). The Labute approximate surface area is 131 Å². The highest BCUT2D eigenvalue weighted by Crippen LogP contribution is 2.40. The molecule has 0 unspecified atom stereocenters. The van der Waals surface area contributed by atoms with Crippen LogP contribution < -0.4 is 14.8 Å². The quantitative estimate of drug-likeness (QED) is 0.868. The third-order valence-corrected chi connectivity index (χ3v) is 3.51. The minimum absolute atomic E-state index is 0. The van der Waals surface area contributed by atoms with Crippen LogP contribution in [0, 0.1) is 0 Å². The van der Waals surface area contributed by atoms with Gasteiger partial charge in [0.05, 0.1) is 6.04 Å². The molecule has 0 aromatic heterocycles. The van der Waals surface area contributed by atoms with Crippen LogP contribution in [0.3, 0.4) is 0 Å². The predicted octanol–water partition coefficient (Wildman–Crippen LogP) is 2.39. The normalized spacial score (nSPS) is 18.6. The van der Waals surface area contributed by atoms with Crippen molar-refractivity contribution in [3.8, 4) is 11.5 Å². The van der Waals surface area contributed by atoms with Crippen LogP contribution in [0.1, 0.15) is 11.6 Å². The summed E-state index contributed by atoms with van der Waals surface area (Å²) in [5.41, 5.74) is 1.15. The Morgan fingerprint density at radius 1 is 1.20 bits per heavy atom. The number of hydrogen-bond donors (Lipinski definition) is 1. The average Bonchev–Trinajstić information content (AvgIpc) is 2.90. The number of nitrogens with one attached hydrogen (secondary N) is 1. The van der Waals surface area contributed by atoms with Gasteiger partial charge in [-0.05, 0) is 6.07 Å². The van der Waals surface area contributed by atoms with E-state index in [-0.39, 0.29) is 30.9 Å². The molecule has 1 aromatic carbocycles. The molecule has 2 aliphatic rings. The Kier molecular flexibility index (Phi) is 6.62. The van der Waals surface area contributed by atoms with Gasteiger partial charge in [0.2, 0.25) is 6.79 Å². The van der Waals surface area contributed by atoms with Crippen LogP contribution in [-0.4, -0.2) is 37.9 Å². The van der Waals surface area contributed by atoms with Crippen LogP contribution in [0.15, 0.2) is 30.9 Å². The lowest BCUT2D eigenvalue weighted by molar-refractivity contribution is 0.168. The van der Waals surface area contributed by atoms with E-state index in [2.05, 4.69) is 22.9 Å². The molecule has 0 spiro atoms. The molecule has 1 atom stereocenters. The van der Waals surface area contributed by atoms with Crippen molar-refractivity contribution in [2.24, 2.45) is 0 Å². The maximum atomic E-state index is 5.59. The lowest BCUT2D eigenvalue weighted by Crippen LogP contribution is -2.44. The van der Waals surface area contributed by atoms with Crippen molar-refractivity contribution in [2.45, 2.75) is 6.04 Å². The van der Waals surface area contributed by atoms with Gasteiger partial charge in [0.15, 0.2) is 11.5 Å². The Morgan fingerprint density at radius 2 is 1.95 bits per heavy atom. The molecule has 1 fully saturated rings. The zero-order chi connectivity index (χ0) is 12.4. The second-order valence-electron chi connectivity index (χ2n) is 4.55. The summed E-state index contributed by atoms with van der Waals surface area (Å²) in [4.78, 5) is 2.42. The van der Waals surface area contributed by atoms with Gasteiger partial charge in [-0.15, -0.1) is 31.4 Å². The van der Waals surface area contributed by atoms with Crippen LogP contribution >= 0.6 is 24.8 Å². The first-order valence-corrected chi connectivity index (χ1v) is 6.36. The van der Waals surface area contributed by atoms with E-state index in [4.69, 9.17) is 9.47 Å². The van der Waals surface area contributed by atoms with Gasteiger partial charge in [-0.25, -0.2) is 0 Å². The lowest BCUT2D eigenvalue weighted by atomic mass is 10.0. The Bertz CT molecular complexity index is 451. The number of benzene rings is 1. The summed E-state index contributed by atoms with van der Waals surface area (Å²) in [7, 11) is 0. The molecule has 0 radical (unpaired) electrons. The van der Waals surface area contributed by atoms with Gasteiger partial charge in [0.1, 0.15) is 0 Å². The van der Waals surface area contributed by atoms with Crippen molar-refractivity contribution in [3.05, 3.63) is 36.4 Å². The highest BCUT2D eigenvalue weighted by Gasteiger charge is 2.26. The highest BCUT2D eigenvalue weighted by atomic mass is 35.5. The van der Waals surface area contributed by atoms with E-state index >= 15 is 0 Å². The maximum Gasteiger partial charge on any atom is 0.231 e. The molecule has 0 saturated carbocycles. The van der Waals surface area contributed by atoms with Gasteiger partial charge < -0.3 is 14.8 Å². The van der Waals surface area contributed by atoms with E-state index < -0.39 is 0 Å². The molecule has 0 bridgehead atoms. The van der Waals surface area contributed by atoms with Crippen LogP contribution in [0.2, 0.25) is 0 Å². The van der Waals surface area contributed by atoms with Crippen molar-refractivity contribution in [1.82, 2.24) is 10.2 Å². The Morgan fingerprint density at radius 3 is 2.65 bits per heavy atom. The van der Waals surface area contributed by atoms with Crippen molar-refractivity contribution in [1.29, 1.82) is 0 Å². The molecule has 1 aromatic rings. The van der Waals surface area contributed by atoms with Gasteiger partial charge in [0.25, 0.3) is 0 Å². The average molecular weight is 319 g/mol. The van der Waals surface area contributed by atoms with Gasteiger partial charge in [-0.3, -0.25) is 4.90 Å². The van der Waals surface area contributed by atoms with Crippen LogP contribution in [0.25, 0.3) is 0 Å². The first kappa shape index (κ1) is 17.1. The smallest absolute Gasteiger partial charge is 0.231 e. The Hall–Kier alpha value is -0.940. The van der Waals surface area contributed by atoms with E-state index in [0.717, 1.165) is 43.2 Å². The first-order chi connectivity index (χ1) is 8.90. The van der Waals surface area contributed by atoms with Gasteiger partial charge >= 0.3 is 0 Å². The van der Waals surface area contributed by atoms with Gasteiger partial charge in [-0.1, -0.05) is 18.2 Å². The minimum atomic E-state index is 0. The van der Waals surface area contributed by atoms with Crippen LogP contribution in [0.4, 0.5) is 0 Å². The maximum absolute atomic E-state index is 5.59. The molecule has 1 N–H and O–H groups in total. The molecule has 112 valence electrons. The molecule has 0 amide bonds.